The molecule has 2 saturated heterocycles. The van der Waals surface area contributed by atoms with Gasteiger partial charge in [0.2, 0.25) is 0 Å². The van der Waals surface area contributed by atoms with Crippen LogP contribution in [0, 0.1) is 13.8 Å². The first kappa shape index (κ1) is 16.9. The lowest BCUT2D eigenvalue weighted by atomic mass is 10.0. The lowest BCUT2D eigenvalue weighted by molar-refractivity contribution is 0.0573. The van der Waals surface area contributed by atoms with Gasteiger partial charge in [0.05, 0.1) is 17.6 Å². The topological polar surface area (TPSA) is 46.6 Å². The van der Waals surface area contributed by atoms with Gasteiger partial charge in [-0.1, -0.05) is 18.2 Å². The predicted octanol–water partition coefficient (Wildman–Crippen LogP) is 2.47. The summed E-state index contributed by atoms with van der Waals surface area (Å²) in [6.07, 6.45) is 3.20. The molecule has 2 atom stereocenters. The van der Waals surface area contributed by atoms with Gasteiger partial charge in [-0.15, -0.1) is 0 Å². The Labute approximate surface area is 139 Å². The monoisotopic (exact) mass is 337 g/mol. The summed E-state index contributed by atoms with van der Waals surface area (Å²) in [7, 11) is -2.87. The minimum absolute atomic E-state index is 0.128. The van der Waals surface area contributed by atoms with Crippen molar-refractivity contribution in [3.63, 3.8) is 0 Å². The highest BCUT2D eigenvalue weighted by molar-refractivity contribution is 7.91. The molecule has 128 valence electrons. The van der Waals surface area contributed by atoms with Gasteiger partial charge in [-0.05, 0) is 49.8 Å². The van der Waals surface area contributed by atoms with E-state index in [1.165, 1.54) is 16.7 Å². The molecule has 23 heavy (non-hydrogen) atoms. The number of ether oxygens (including phenoxy) is 1. The standard InChI is InChI=1S/C18H27NO3S/c1-14-5-3-6-15(2)18(14)12-19(11-17-7-4-9-22-17)16-8-10-23(20,21)13-16/h3,5-6,16-17H,4,7-13H2,1-2H3/t16-,17-/m0/s1. The van der Waals surface area contributed by atoms with Gasteiger partial charge in [0, 0.05) is 25.7 Å². The SMILES string of the molecule is Cc1cccc(C)c1CN(C[C@@H]1CCCO1)[C@H]1CCS(=O)(=O)C1. The fraction of sp³-hybridized carbons (Fsp3) is 0.667. The molecule has 2 fully saturated rings. The second-order valence-electron chi connectivity index (χ2n) is 6.99. The van der Waals surface area contributed by atoms with E-state index in [-0.39, 0.29) is 12.1 Å². The maximum atomic E-state index is 11.9. The zero-order valence-corrected chi connectivity index (χ0v) is 14.9. The van der Waals surface area contributed by atoms with Gasteiger partial charge in [-0.25, -0.2) is 8.42 Å². The summed E-state index contributed by atoms with van der Waals surface area (Å²) in [5.74, 6) is 0.622. The summed E-state index contributed by atoms with van der Waals surface area (Å²) < 4.78 is 29.6. The smallest absolute Gasteiger partial charge is 0.151 e. The summed E-state index contributed by atoms with van der Waals surface area (Å²) in [5, 5.41) is 0. The number of benzene rings is 1. The van der Waals surface area contributed by atoms with Gasteiger partial charge in [-0.2, -0.15) is 0 Å². The fourth-order valence-corrected chi connectivity index (χ4v) is 5.52. The normalized spacial score (nSPS) is 26.9. The first-order valence-electron chi connectivity index (χ1n) is 8.56. The summed E-state index contributed by atoms with van der Waals surface area (Å²) in [4.78, 5) is 2.36. The zero-order valence-electron chi connectivity index (χ0n) is 14.1. The Hall–Kier alpha value is -0.910. The molecule has 1 aromatic rings. The van der Waals surface area contributed by atoms with E-state index in [1.54, 1.807) is 0 Å². The van der Waals surface area contributed by atoms with Crippen LogP contribution < -0.4 is 0 Å². The van der Waals surface area contributed by atoms with Crippen molar-refractivity contribution in [1.29, 1.82) is 0 Å². The summed E-state index contributed by atoms with van der Waals surface area (Å²) in [6, 6.07) is 6.48. The van der Waals surface area contributed by atoms with Crippen LogP contribution in [0.4, 0.5) is 0 Å². The highest BCUT2D eigenvalue weighted by Gasteiger charge is 2.34. The zero-order chi connectivity index (χ0) is 16.4. The molecule has 0 unspecified atom stereocenters. The third kappa shape index (κ3) is 4.14. The fourth-order valence-electron chi connectivity index (χ4n) is 3.76. The lowest BCUT2D eigenvalue weighted by Crippen LogP contribution is -2.41. The van der Waals surface area contributed by atoms with Crippen molar-refractivity contribution in [2.75, 3.05) is 24.7 Å². The largest absolute Gasteiger partial charge is 0.377 e. The molecule has 0 aliphatic carbocycles. The van der Waals surface area contributed by atoms with Crippen LogP contribution in [0.1, 0.15) is 36.0 Å². The van der Waals surface area contributed by atoms with E-state index in [9.17, 15) is 8.42 Å². The molecule has 5 heteroatoms. The van der Waals surface area contributed by atoms with Crippen LogP contribution in [-0.2, 0) is 21.1 Å². The van der Waals surface area contributed by atoms with E-state index in [0.717, 1.165) is 39.0 Å². The van der Waals surface area contributed by atoms with Gasteiger partial charge >= 0.3 is 0 Å². The molecule has 0 N–H and O–H groups in total. The van der Waals surface area contributed by atoms with E-state index < -0.39 is 9.84 Å². The molecule has 0 radical (unpaired) electrons. The molecule has 4 nitrogen and oxygen atoms in total. The van der Waals surface area contributed by atoms with Crippen molar-refractivity contribution in [1.82, 2.24) is 4.90 Å². The molecular formula is C18H27NO3S. The van der Waals surface area contributed by atoms with Crippen LogP contribution in [0.25, 0.3) is 0 Å². The van der Waals surface area contributed by atoms with Crippen molar-refractivity contribution in [2.45, 2.75) is 51.8 Å². The van der Waals surface area contributed by atoms with E-state index in [0.29, 0.717) is 11.5 Å². The third-order valence-electron chi connectivity index (χ3n) is 5.19. The summed E-state index contributed by atoms with van der Waals surface area (Å²) in [5.41, 5.74) is 3.89. The number of aryl methyl sites for hydroxylation is 2. The number of rotatable bonds is 5. The first-order valence-corrected chi connectivity index (χ1v) is 10.4. The van der Waals surface area contributed by atoms with Gasteiger partial charge < -0.3 is 4.74 Å². The minimum Gasteiger partial charge on any atom is -0.377 e. The maximum absolute atomic E-state index is 11.9. The highest BCUT2D eigenvalue weighted by atomic mass is 32.2. The van der Waals surface area contributed by atoms with Crippen molar-refractivity contribution in [3.8, 4) is 0 Å². The van der Waals surface area contributed by atoms with Crippen molar-refractivity contribution >= 4 is 9.84 Å². The number of hydrogen-bond acceptors (Lipinski definition) is 4. The van der Waals surface area contributed by atoms with Crippen molar-refractivity contribution < 1.29 is 13.2 Å². The van der Waals surface area contributed by atoms with Crippen LogP contribution in [0.15, 0.2) is 18.2 Å². The number of sulfone groups is 1. The molecule has 0 aromatic heterocycles. The number of nitrogens with zero attached hydrogens (tertiary/aromatic N) is 1. The second kappa shape index (κ2) is 6.91. The molecule has 1 aromatic carbocycles. The van der Waals surface area contributed by atoms with Gasteiger partial charge in [0.1, 0.15) is 0 Å². The molecular weight excluding hydrogens is 310 g/mol. The maximum Gasteiger partial charge on any atom is 0.151 e. The van der Waals surface area contributed by atoms with E-state index in [1.807, 2.05) is 0 Å². The minimum atomic E-state index is -2.87. The van der Waals surface area contributed by atoms with Gasteiger partial charge in [-0.3, -0.25) is 4.90 Å². The molecule has 0 spiro atoms. The van der Waals surface area contributed by atoms with Crippen molar-refractivity contribution in [2.24, 2.45) is 0 Å². The van der Waals surface area contributed by atoms with E-state index in [4.69, 9.17) is 4.74 Å². The average molecular weight is 337 g/mol. The molecule has 2 aliphatic rings. The molecule has 3 rings (SSSR count). The predicted molar refractivity (Wildman–Crippen MR) is 92.4 cm³/mol. The summed E-state index contributed by atoms with van der Waals surface area (Å²) >= 11 is 0. The van der Waals surface area contributed by atoms with Crippen LogP contribution in [0.5, 0.6) is 0 Å². The average Bonchev–Trinajstić information content (AvgIpc) is 3.11. The Morgan fingerprint density at radius 1 is 1.22 bits per heavy atom. The Morgan fingerprint density at radius 2 is 1.96 bits per heavy atom. The number of hydrogen-bond donors (Lipinski definition) is 0. The highest BCUT2D eigenvalue weighted by Crippen LogP contribution is 2.25. The molecule has 0 saturated carbocycles. The molecule has 2 heterocycles. The lowest BCUT2D eigenvalue weighted by Gasteiger charge is -2.31. The quantitative estimate of drug-likeness (QED) is 0.828. The van der Waals surface area contributed by atoms with E-state index >= 15 is 0 Å². The molecule has 0 bridgehead atoms. The van der Waals surface area contributed by atoms with Crippen LogP contribution in [-0.4, -0.2) is 50.1 Å². The van der Waals surface area contributed by atoms with Crippen LogP contribution in [0.2, 0.25) is 0 Å². The Morgan fingerprint density at radius 3 is 2.52 bits per heavy atom. The molecule has 0 amide bonds. The summed E-state index contributed by atoms with van der Waals surface area (Å²) in [6.45, 7) is 6.77. The van der Waals surface area contributed by atoms with Crippen LogP contribution >= 0.6 is 0 Å². The van der Waals surface area contributed by atoms with Crippen LogP contribution in [0.3, 0.4) is 0 Å². The van der Waals surface area contributed by atoms with Crippen molar-refractivity contribution in [3.05, 3.63) is 34.9 Å². The Bertz CT molecular complexity index is 630. The van der Waals surface area contributed by atoms with Gasteiger partial charge in [0.15, 0.2) is 9.84 Å². The Balaban J connectivity index is 1.79. The first-order chi connectivity index (χ1) is 10.9. The second-order valence-corrected chi connectivity index (χ2v) is 9.22. The molecule has 2 aliphatic heterocycles. The third-order valence-corrected chi connectivity index (χ3v) is 6.94. The van der Waals surface area contributed by atoms with E-state index in [2.05, 4.69) is 36.9 Å². The Kier molecular flexibility index (Phi) is 5.09. The van der Waals surface area contributed by atoms with Gasteiger partial charge in [0.25, 0.3) is 0 Å².